The first-order valence-corrected chi connectivity index (χ1v) is 11.9. The molecule has 3 rings (SSSR count). The van der Waals surface area contributed by atoms with Gasteiger partial charge in [-0.1, -0.05) is 48.5 Å². The minimum absolute atomic E-state index is 0. The third-order valence-electron chi connectivity index (χ3n) is 5.03. The average molecular weight is 542 g/mol. The molecule has 1 aliphatic rings. The molecule has 2 aromatic rings. The van der Waals surface area contributed by atoms with Gasteiger partial charge in [-0.2, -0.15) is 0 Å². The molecule has 0 radical (unpaired) electrons. The van der Waals surface area contributed by atoms with E-state index in [1.165, 1.54) is 5.69 Å². The monoisotopic (exact) mass is 542 g/mol. The Labute approximate surface area is 197 Å². The standard InChI is InChI=1S/C22H30N4O2S.HI/c1-23-22(25-20-13-15-26(17-20)21-11-6-3-7-12-21)24-14-8-16-29(27,28)18-19-9-4-2-5-10-19;/h2-7,9-12,20H,8,13-18H2,1H3,(H2,23,24,25);1H. The Morgan fingerprint density at radius 1 is 1.10 bits per heavy atom. The Morgan fingerprint density at radius 2 is 1.77 bits per heavy atom. The van der Waals surface area contributed by atoms with Crippen LogP contribution in [0.3, 0.4) is 0 Å². The van der Waals surface area contributed by atoms with Crippen LogP contribution in [-0.2, 0) is 15.6 Å². The summed E-state index contributed by atoms with van der Waals surface area (Å²) in [7, 11) is -1.37. The lowest BCUT2D eigenvalue weighted by molar-refractivity contribution is 0.591. The van der Waals surface area contributed by atoms with Gasteiger partial charge in [0, 0.05) is 38.4 Å². The van der Waals surface area contributed by atoms with Gasteiger partial charge in [0.15, 0.2) is 15.8 Å². The highest BCUT2D eigenvalue weighted by Crippen LogP contribution is 2.19. The van der Waals surface area contributed by atoms with Gasteiger partial charge in [-0.05, 0) is 30.5 Å². The predicted octanol–water partition coefficient (Wildman–Crippen LogP) is 3.05. The summed E-state index contributed by atoms with van der Waals surface area (Å²) in [6.45, 7) is 2.51. The highest BCUT2D eigenvalue weighted by molar-refractivity contribution is 14.0. The molecule has 164 valence electrons. The minimum Gasteiger partial charge on any atom is -0.369 e. The largest absolute Gasteiger partial charge is 0.369 e. The molecule has 0 bridgehead atoms. The van der Waals surface area contributed by atoms with Crippen LogP contribution in [0.5, 0.6) is 0 Å². The molecule has 0 spiro atoms. The Kier molecular flexibility index (Phi) is 9.90. The van der Waals surface area contributed by atoms with E-state index in [2.05, 4.69) is 44.8 Å². The first-order chi connectivity index (χ1) is 14.1. The molecule has 30 heavy (non-hydrogen) atoms. The van der Waals surface area contributed by atoms with Crippen LogP contribution in [0.1, 0.15) is 18.4 Å². The van der Waals surface area contributed by atoms with Gasteiger partial charge in [-0.15, -0.1) is 24.0 Å². The number of para-hydroxylation sites is 1. The smallest absolute Gasteiger partial charge is 0.191 e. The van der Waals surface area contributed by atoms with Crippen molar-refractivity contribution in [3.8, 4) is 0 Å². The van der Waals surface area contributed by atoms with Gasteiger partial charge in [0.2, 0.25) is 0 Å². The molecule has 1 atom stereocenters. The van der Waals surface area contributed by atoms with Gasteiger partial charge in [-0.3, -0.25) is 4.99 Å². The lowest BCUT2D eigenvalue weighted by Gasteiger charge is -2.20. The number of hydrogen-bond acceptors (Lipinski definition) is 4. The topological polar surface area (TPSA) is 73.8 Å². The van der Waals surface area contributed by atoms with Crippen molar-refractivity contribution in [3.05, 3.63) is 66.2 Å². The highest BCUT2D eigenvalue weighted by Gasteiger charge is 2.23. The summed E-state index contributed by atoms with van der Waals surface area (Å²) >= 11 is 0. The summed E-state index contributed by atoms with van der Waals surface area (Å²) < 4.78 is 24.6. The molecule has 0 aromatic heterocycles. The summed E-state index contributed by atoms with van der Waals surface area (Å²) in [4.78, 5) is 6.64. The number of halogens is 1. The molecular weight excluding hydrogens is 511 g/mol. The Balaban J connectivity index is 0.00000320. The van der Waals surface area contributed by atoms with Gasteiger partial charge in [0.1, 0.15) is 0 Å². The number of guanidine groups is 1. The normalized spacial score (nSPS) is 16.8. The molecule has 1 heterocycles. The van der Waals surface area contributed by atoms with E-state index in [1.54, 1.807) is 7.05 Å². The van der Waals surface area contributed by atoms with Gasteiger partial charge in [-0.25, -0.2) is 8.42 Å². The van der Waals surface area contributed by atoms with Crippen molar-refractivity contribution in [3.63, 3.8) is 0 Å². The number of nitrogens with one attached hydrogen (secondary N) is 2. The molecule has 1 aliphatic heterocycles. The summed E-state index contributed by atoms with van der Waals surface area (Å²) in [5.74, 6) is 0.986. The molecule has 0 amide bonds. The van der Waals surface area contributed by atoms with Crippen LogP contribution in [0.15, 0.2) is 65.7 Å². The Bertz CT molecular complexity index is 892. The van der Waals surface area contributed by atoms with E-state index in [-0.39, 0.29) is 35.5 Å². The van der Waals surface area contributed by atoms with E-state index >= 15 is 0 Å². The fraction of sp³-hybridized carbons (Fsp3) is 0.409. The molecule has 0 aliphatic carbocycles. The van der Waals surface area contributed by atoms with Crippen LogP contribution in [0, 0.1) is 0 Å². The maximum atomic E-state index is 12.3. The van der Waals surface area contributed by atoms with Crippen molar-refractivity contribution in [1.82, 2.24) is 10.6 Å². The first-order valence-electron chi connectivity index (χ1n) is 10.1. The van der Waals surface area contributed by atoms with Crippen molar-refractivity contribution < 1.29 is 8.42 Å². The number of hydrogen-bond donors (Lipinski definition) is 2. The van der Waals surface area contributed by atoms with Crippen molar-refractivity contribution >= 4 is 45.5 Å². The van der Waals surface area contributed by atoms with Crippen molar-refractivity contribution in [2.75, 3.05) is 37.3 Å². The average Bonchev–Trinajstić information content (AvgIpc) is 3.20. The fourth-order valence-corrected chi connectivity index (χ4v) is 4.97. The lowest BCUT2D eigenvalue weighted by atomic mass is 10.2. The summed E-state index contributed by atoms with van der Waals surface area (Å²) in [6.07, 6.45) is 1.59. The fourth-order valence-electron chi connectivity index (χ4n) is 3.54. The van der Waals surface area contributed by atoms with Crippen molar-refractivity contribution in [2.45, 2.75) is 24.6 Å². The number of anilines is 1. The van der Waals surface area contributed by atoms with Gasteiger partial charge in [0.05, 0.1) is 11.5 Å². The van der Waals surface area contributed by atoms with Crippen LogP contribution in [-0.4, -0.2) is 52.9 Å². The number of sulfone groups is 1. The molecular formula is C22H31IN4O2S. The van der Waals surface area contributed by atoms with Crippen molar-refractivity contribution in [1.29, 1.82) is 0 Å². The van der Waals surface area contributed by atoms with E-state index < -0.39 is 9.84 Å². The molecule has 1 fully saturated rings. The quantitative estimate of drug-likeness (QED) is 0.232. The van der Waals surface area contributed by atoms with Gasteiger partial charge >= 0.3 is 0 Å². The zero-order chi connectivity index (χ0) is 20.5. The molecule has 1 unspecified atom stereocenters. The SMILES string of the molecule is CN=C(NCCCS(=O)(=O)Cc1ccccc1)NC1CCN(c2ccccc2)C1.I. The van der Waals surface area contributed by atoms with Crippen molar-refractivity contribution in [2.24, 2.45) is 4.99 Å². The molecule has 0 saturated carbocycles. The maximum Gasteiger partial charge on any atom is 0.191 e. The Morgan fingerprint density at radius 3 is 2.43 bits per heavy atom. The van der Waals surface area contributed by atoms with Gasteiger partial charge < -0.3 is 15.5 Å². The van der Waals surface area contributed by atoms with Crippen LogP contribution in [0.25, 0.3) is 0 Å². The summed E-state index contributed by atoms with van der Waals surface area (Å²) in [5, 5.41) is 6.69. The Hall–Kier alpha value is -1.81. The van der Waals surface area contributed by atoms with Crippen LogP contribution < -0.4 is 15.5 Å². The zero-order valence-corrected chi connectivity index (χ0v) is 20.5. The second-order valence-corrected chi connectivity index (χ2v) is 9.53. The lowest BCUT2D eigenvalue weighted by Crippen LogP contribution is -2.45. The zero-order valence-electron chi connectivity index (χ0n) is 17.3. The number of rotatable bonds is 8. The molecule has 2 aromatic carbocycles. The number of nitrogens with zero attached hydrogens (tertiary/aromatic N) is 2. The molecule has 1 saturated heterocycles. The second kappa shape index (κ2) is 12.1. The maximum absolute atomic E-state index is 12.3. The third-order valence-corrected chi connectivity index (χ3v) is 6.71. The third kappa shape index (κ3) is 7.79. The second-order valence-electron chi connectivity index (χ2n) is 7.34. The van der Waals surface area contributed by atoms with E-state index in [0.717, 1.165) is 31.0 Å². The number of benzene rings is 2. The summed E-state index contributed by atoms with van der Waals surface area (Å²) in [5.41, 5.74) is 2.07. The van der Waals surface area contributed by atoms with Crippen LogP contribution in [0.2, 0.25) is 0 Å². The number of aliphatic imine (C=N–C) groups is 1. The first kappa shape index (κ1) is 24.5. The van der Waals surface area contributed by atoms with E-state index in [4.69, 9.17) is 0 Å². The van der Waals surface area contributed by atoms with Crippen LogP contribution in [0.4, 0.5) is 5.69 Å². The molecule has 6 nitrogen and oxygen atoms in total. The van der Waals surface area contributed by atoms with Gasteiger partial charge in [0.25, 0.3) is 0 Å². The van der Waals surface area contributed by atoms with Crippen LogP contribution >= 0.6 is 24.0 Å². The predicted molar refractivity (Wildman–Crippen MR) is 136 cm³/mol. The minimum atomic E-state index is -3.11. The summed E-state index contributed by atoms with van der Waals surface area (Å²) in [6, 6.07) is 20.0. The molecule has 2 N–H and O–H groups in total. The van der Waals surface area contributed by atoms with E-state index in [1.807, 2.05) is 36.4 Å². The highest BCUT2D eigenvalue weighted by atomic mass is 127. The van der Waals surface area contributed by atoms with E-state index in [0.29, 0.717) is 19.0 Å². The van der Waals surface area contributed by atoms with E-state index in [9.17, 15) is 8.42 Å². The molecule has 8 heteroatoms.